The predicted octanol–water partition coefficient (Wildman–Crippen LogP) is 1.92. The summed E-state index contributed by atoms with van der Waals surface area (Å²) in [6.45, 7) is 3.34. The van der Waals surface area contributed by atoms with Crippen LogP contribution >= 0.6 is 0 Å². The number of hydrogen-bond donors (Lipinski definition) is 2. The van der Waals surface area contributed by atoms with Crippen molar-refractivity contribution >= 4 is 11.7 Å². The minimum atomic E-state index is -0.846. The number of nitriles is 1. The Morgan fingerprint density at radius 1 is 1.38 bits per heavy atom. The second-order valence-electron chi connectivity index (χ2n) is 3.95. The fourth-order valence-electron chi connectivity index (χ4n) is 0.978. The number of nitrogens with one attached hydrogen (secondary N) is 1. The maximum atomic E-state index is 8.87. The Hall–Kier alpha value is -2.15. The van der Waals surface area contributed by atoms with E-state index < -0.39 is 5.41 Å². The van der Waals surface area contributed by atoms with Gasteiger partial charge in [-0.25, -0.2) is 4.99 Å². The van der Waals surface area contributed by atoms with Gasteiger partial charge in [0.05, 0.1) is 6.07 Å². The number of amidine groups is 2. The van der Waals surface area contributed by atoms with Gasteiger partial charge in [0.15, 0.2) is 5.84 Å². The molecule has 0 heterocycles. The van der Waals surface area contributed by atoms with E-state index in [2.05, 4.69) is 4.99 Å². The molecule has 1 aromatic rings. The summed E-state index contributed by atoms with van der Waals surface area (Å²) in [7, 11) is 0. The van der Waals surface area contributed by atoms with E-state index in [0.717, 1.165) is 0 Å². The van der Waals surface area contributed by atoms with Gasteiger partial charge in [0.1, 0.15) is 11.3 Å². The number of nitrogens with zero attached hydrogens (tertiary/aromatic N) is 2. The van der Waals surface area contributed by atoms with E-state index in [1.165, 1.54) is 0 Å². The highest BCUT2D eigenvalue weighted by Gasteiger charge is 2.22. The molecule has 0 saturated carbocycles. The van der Waals surface area contributed by atoms with E-state index >= 15 is 0 Å². The van der Waals surface area contributed by atoms with E-state index in [1.54, 1.807) is 26.0 Å². The Morgan fingerprint density at radius 3 is 2.44 bits per heavy atom. The third kappa shape index (κ3) is 2.67. The van der Waals surface area contributed by atoms with Crippen LogP contribution in [0.5, 0.6) is 0 Å². The smallest absolute Gasteiger partial charge is 0.153 e. The van der Waals surface area contributed by atoms with Crippen LogP contribution in [0.25, 0.3) is 0 Å². The standard InChI is InChI=1S/C12H14N4/c1-12(2,8-13)11(15)16-10(14)9-6-4-3-5-7-9/h3-7H,1-2H3,(H3,14,15,16). The number of nitrogens with two attached hydrogens (primary N) is 1. The van der Waals surface area contributed by atoms with Gasteiger partial charge in [-0.05, 0) is 13.8 Å². The third-order valence-electron chi connectivity index (χ3n) is 2.20. The fraction of sp³-hybridized carbons (Fsp3) is 0.250. The molecule has 1 aromatic carbocycles. The summed E-state index contributed by atoms with van der Waals surface area (Å²) >= 11 is 0. The Morgan fingerprint density at radius 2 is 1.94 bits per heavy atom. The summed E-state index contributed by atoms with van der Waals surface area (Å²) < 4.78 is 0. The first-order chi connectivity index (χ1) is 7.47. The molecule has 3 N–H and O–H groups in total. The Kier molecular flexibility index (Phi) is 3.41. The normalized spacial score (nSPS) is 11.9. The van der Waals surface area contributed by atoms with E-state index in [9.17, 15) is 0 Å². The number of hydrogen-bond acceptors (Lipinski definition) is 2. The first-order valence-electron chi connectivity index (χ1n) is 4.87. The van der Waals surface area contributed by atoms with Crippen molar-refractivity contribution in [2.45, 2.75) is 13.8 Å². The van der Waals surface area contributed by atoms with Crippen LogP contribution in [0, 0.1) is 22.2 Å². The molecule has 0 fully saturated rings. The van der Waals surface area contributed by atoms with Crippen molar-refractivity contribution in [2.75, 3.05) is 0 Å². The lowest BCUT2D eigenvalue weighted by Crippen LogP contribution is -2.31. The molecular weight excluding hydrogens is 200 g/mol. The zero-order valence-corrected chi connectivity index (χ0v) is 9.36. The zero-order chi connectivity index (χ0) is 12.2. The van der Waals surface area contributed by atoms with Crippen LogP contribution in [0.2, 0.25) is 0 Å². The molecule has 0 unspecified atom stereocenters. The molecule has 0 aliphatic carbocycles. The molecule has 0 aromatic heterocycles. The first-order valence-corrected chi connectivity index (χ1v) is 4.87. The van der Waals surface area contributed by atoms with Gasteiger partial charge in [-0.3, -0.25) is 5.41 Å². The average Bonchev–Trinajstić information content (AvgIpc) is 2.30. The van der Waals surface area contributed by atoms with Gasteiger partial charge in [0.25, 0.3) is 0 Å². The van der Waals surface area contributed by atoms with E-state index in [4.69, 9.17) is 16.4 Å². The second kappa shape index (κ2) is 4.58. The fourth-order valence-corrected chi connectivity index (χ4v) is 0.978. The lowest BCUT2D eigenvalue weighted by molar-refractivity contribution is 0.687. The largest absolute Gasteiger partial charge is 0.386 e. The third-order valence-corrected chi connectivity index (χ3v) is 2.20. The molecule has 0 saturated heterocycles. The lowest BCUT2D eigenvalue weighted by Gasteiger charge is -2.14. The van der Waals surface area contributed by atoms with Crippen LogP contribution in [-0.2, 0) is 0 Å². The van der Waals surface area contributed by atoms with Crippen molar-refractivity contribution in [1.29, 1.82) is 10.7 Å². The van der Waals surface area contributed by atoms with Crippen molar-refractivity contribution < 1.29 is 0 Å². The lowest BCUT2D eigenvalue weighted by atomic mass is 9.94. The van der Waals surface area contributed by atoms with Crippen molar-refractivity contribution in [2.24, 2.45) is 16.1 Å². The highest BCUT2D eigenvalue weighted by atomic mass is 14.9. The Bertz CT molecular complexity index is 452. The van der Waals surface area contributed by atoms with Crippen LogP contribution in [-0.4, -0.2) is 11.7 Å². The van der Waals surface area contributed by atoms with Crippen molar-refractivity contribution in [3.05, 3.63) is 35.9 Å². The molecule has 0 aliphatic rings. The molecule has 0 amide bonds. The van der Waals surface area contributed by atoms with Gasteiger partial charge < -0.3 is 5.73 Å². The van der Waals surface area contributed by atoms with Gasteiger partial charge in [-0.15, -0.1) is 0 Å². The number of benzene rings is 1. The quantitative estimate of drug-likeness (QED) is 0.582. The highest BCUT2D eigenvalue weighted by molar-refractivity contribution is 6.06. The Balaban J connectivity index is 2.95. The number of aliphatic imine (C=N–C) groups is 1. The van der Waals surface area contributed by atoms with Gasteiger partial charge in [-0.1, -0.05) is 30.3 Å². The molecular formula is C12H14N4. The summed E-state index contributed by atoms with van der Waals surface area (Å²) in [4.78, 5) is 3.94. The predicted molar refractivity (Wildman–Crippen MR) is 64.3 cm³/mol. The number of rotatable bonds is 2. The second-order valence-corrected chi connectivity index (χ2v) is 3.95. The van der Waals surface area contributed by atoms with Gasteiger partial charge >= 0.3 is 0 Å². The minimum Gasteiger partial charge on any atom is -0.386 e. The molecule has 0 aliphatic heterocycles. The minimum absolute atomic E-state index is 0.0708. The van der Waals surface area contributed by atoms with Gasteiger partial charge in [-0.2, -0.15) is 5.26 Å². The zero-order valence-electron chi connectivity index (χ0n) is 9.36. The molecule has 0 spiro atoms. The summed E-state index contributed by atoms with van der Waals surface area (Å²) in [5, 5.41) is 16.6. The summed E-state index contributed by atoms with van der Waals surface area (Å²) in [5.74, 6) is 0.227. The first kappa shape index (κ1) is 11.9. The maximum Gasteiger partial charge on any atom is 0.153 e. The van der Waals surface area contributed by atoms with Crippen molar-refractivity contribution in [1.82, 2.24) is 0 Å². The van der Waals surface area contributed by atoms with E-state index in [-0.39, 0.29) is 11.7 Å². The Labute approximate surface area is 94.9 Å². The molecule has 4 nitrogen and oxygen atoms in total. The average molecular weight is 214 g/mol. The van der Waals surface area contributed by atoms with Crippen LogP contribution in [0.4, 0.5) is 0 Å². The molecule has 1 rings (SSSR count). The molecule has 4 heteroatoms. The SMILES string of the molecule is CC(C)(C#N)C(N)=NC(=N)c1ccccc1. The van der Waals surface area contributed by atoms with E-state index in [1.807, 2.05) is 24.3 Å². The highest BCUT2D eigenvalue weighted by Crippen LogP contribution is 2.13. The van der Waals surface area contributed by atoms with Crippen molar-refractivity contribution in [3.63, 3.8) is 0 Å². The summed E-state index contributed by atoms with van der Waals surface area (Å²) in [6.07, 6.45) is 0. The molecule has 0 atom stereocenters. The van der Waals surface area contributed by atoms with Gasteiger partial charge in [0.2, 0.25) is 0 Å². The topological polar surface area (TPSA) is 86.0 Å². The molecule has 0 radical (unpaired) electrons. The monoisotopic (exact) mass is 214 g/mol. The van der Waals surface area contributed by atoms with E-state index in [0.29, 0.717) is 5.56 Å². The van der Waals surface area contributed by atoms with Crippen molar-refractivity contribution in [3.8, 4) is 6.07 Å². The molecule has 0 bridgehead atoms. The van der Waals surface area contributed by atoms with Gasteiger partial charge in [0, 0.05) is 5.56 Å². The van der Waals surface area contributed by atoms with Crippen LogP contribution in [0.3, 0.4) is 0 Å². The van der Waals surface area contributed by atoms with Crippen LogP contribution in [0.1, 0.15) is 19.4 Å². The maximum absolute atomic E-state index is 8.87. The molecule has 16 heavy (non-hydrogen) atoms. The summed E-state index contributed by atoms with van der Waals surface area (Å²) in [6, 6.07) is 11.1. The van der Waals surface area contributed by atoms with Crippen LogP contribution < -0.4 is 5.73 Å². The summed E-state index contributed by atoms with van der Waals surface area (Å²) in [5.41, 5.74) is 5.52. The van der Waals surface area contributed by atoms with Crippen LogP contribution in [0.15, 0.2) is 35.3 Å². The molecule has 82 valence electrons.